The van der Waals surface area contributed by atoms with Gasteiger partial charge in [-0.25, -0.2) is 0 Å². The predicted octanol–water partition coefficient (Wildman–Crippen LogP) is 3.74. The van der Waals surface area contributed by atoms with Crippen LogP contribution in [0.25, 0.3) is 10.2 Å². The maximum absolute atomic E-state index is 4.23. The van der Waals surface area contributed by atoms with Gasteiger partial charge in [-0.1, -0.05) is 18.3 Å². The number of nitrogens with zero attached hydrogens (tertiary/aromatic N) is 2. The lowest BCUT2D eigenvalue weighted by Gasteiger charge is -2.15. The summed E-state index contributed by atoms with van der Waals surface area (Å²) in [5.41, 5.74) is 6.55. The summed E-state index contributed by atoms with van der Waals surface area (Å²) >= 11 is 1.52. The van der Waals surface area contributed by atoms with Crippen LogP contribution in [0, 0.1) is 20.8 Å². The van der Waals surface area contributed by atoms with Crippen molar-refractivity contribution >= 4 is 21.7 Å². The zero-order valence-electron chi connectivity index (χ0n) is 9.88. The molecule has 0 aliphatic heterocycles. The third kappa shape index (κ3) is 1.46. The fraction of sp³-hybridized carbons (Fsp3) is 0.500. The third-order valence-corrected chi connectivity index (χ3v) is 3.95. The van der Waals surface area contributed by atoms with E-state index in [2.05, 4.69) is 44.2 Å². The maximum Gasteiger partial charge on any atom is 0.109 e. The Morgan fingerprint density at radius 2 is 1.67 bits per heavy atom. The van der Waals surface area contributed by atoms with Gasteiger partial charge in [-0.05, 0) is 60.5 Å². The largest absolute Gasteiger partial charge is 0.138 e. The fourth-order valence-corrected chi connectivity index (χ4v) is 3.11. The van der Waals surface area contributed by atoms with Gasteiger partial charge in [0.15, 0.2) is 0 Å². The van der Waals surface area contributed by atoms with Gasteiger partial charge in [0, 0.05) is 0 Å². The second-order valence-electron chi connectivity index (χ2n) is 4.39. The van der Waals surface area contributed by atoms with Gasteiger partial charge in [0.2, 0.25) is 0 Å². The van der Waals surface area contributed by atoms with Crippen LogP contribution in [-0.2, 0) is 0 Å². The van der Waals surface area contributed by atoms with Crippen LogP contribution < -0.4 is 0 Å². The zero-order chi connectivity index (χ0) is 11.2. The van der Waals surface area contributed by atoms with E-state index in [0.29, 0.717) is 5.92 Å². The molecule has 80 valence electrons. The van der Waals surface area contributed by atoms with Gasteiger partial charge in [-0.3, -0.25) is 0 Å². The molecular formula is C12H16N2S. The lowest BCUT2D eigenvalue weighted by Crippen LogP contribution is -1.98. The lowest BCUT2D eigenvalue weighted by molar-refractivity contribution is 0.864. The predicted molar refractivity (Wildman–Crippen MR) is 65.7 cm³/mol. The van der Waals surface area contributed by atoms with Crippen molar-refractivity contribution < 1.29 is 0 Å². The van der Waals surface area contributed by atoms with Gasteiger partial charge in [0.05, 0.1) is 4.70 Å². The Labute approximate surface area is 94.5 Å². The minimum atomic E-state index is 0.536. The molecule has 0 aliphatic carbocycles. The number of fused-ring (bicyclic) bond motifs is 1. The summed E-state index contributed by atoms with van der Waals surface area (Å²) in [6.07, 6.45) is 0. The first-order valence-corrected chi connectivity index (χ1v) is 6.03. The fourth-order valence-electron chi connectivity index (χ4n) is 2.14. The molecule has 3 heteroatoms. The maximum atomic E-state index is 4.23. The van der Waals surface area contributed by atoms with Crippen LogP contribution in [0.1, 0.15) is 42.0 Å². The molecule has 2 rings (SSSR count). The van der Waals surface area contributed by atoms with E-state index in [-0.39, 0.29) is 0 Å². The molecule has 0 atom stereocenters. The lowest BCUT2D eigenvalue weighted by atomic mass is 9.91. The van der Waals surface area contributed by atoms with Gasteiger partial charge in [0.1, 0.15) is 5.52 Å². The summed E-state index contributed by atoms with van der Waals surface area (Å²) in [5.74, 6) is 0.536. The van der Waals surface area contributed by atoms with E-state index in [4.69, 9.17) is 0 Å². The van der Waals surface area contributed by atoms with Gasteiger partial charge < -0.3 is 0 Å². The van der Waals surface area contributed by atoms with Crippen molar-refractivity contribution in [3.05, 3.63) is 22.3 Å². The highest BCUT2D eigenvalue weighted by atomic mass is 32.1. The molecule has 2 aromatic rings. The monoisotopic (exact) mass is 220 g/mol. The second kappa shape index (κ2) is 3.56. The van der Waals surface area contributed by atoms with Crippen LogP contribution in [0.4, 0.5) is 0 Å². The molecule has 0 amide bonds. The number of benzene rings is 1. The molecule has 0 radical (unpaired) electrons. The summed E-state index contributed by atoms with van der Waals surface area (Å²) in [7, 11) is 0. The molecule has 1 aromatic carbocycles. The first-order valence-electron chi connectivity index (χ1n) is 5.25. The Balaban J connectivity index is 2.94. The topological polar surface area (TPSA) is 25.8 Å². The Bertz CT molecular complexity index is 512. The average molecular weight is 220 g/mol. The van der Waals surface area contributed by atoms with Crippen LogP contribution in [-0.4, -0.2) is 9.59 Å². The second-order valence-corrected chi connectivity index (χ2v) is 5.15. The quantitative estimate of drug-likeness (QED) is 0.731. The Hall–Kier alpha value is -0.960. The SMILES string of the molecule is Cc1c(C)c(C(C)C)c2snnc2c1C. The molecule has 0 aliphatic rings. The van der Waals surface area contributed by atoms with Crippen LogP contribution in [0.15, 0.2) is 0 Å². The molecule has 0 saturated carbocycles. The van der Waals surface area contributed by atoms with Gasteiger partial charge >= 0.3 is 0 Å². The highest BCUT2D eigenvalue weighted by Crippen LogP contribution is 2.34. The molecular weight excluding hydrogens is 204 g/mol. The van der Waals surface area contributed by atoms with Crippen molar-refractivity contribution in [1.29, 1.82) is 0 Å². The molecule has 15 heavy (non-hydrogen) atoms. The van der Waals surface area contributed by atoms with Gasteiger partial charge in [-0.15, -0.1) is 5.10 Å². The number of hydrogen-bond donors (Lipinski definition) is 0. The smallest absolute Gasteiger partial charge is 0.109 e. The van der Waals surface area contributed by atoms with Crippen molar-refractivity contribution in [2.45, 2.75) is 40.5 Å². The summed E-state index contributed by atoms with van der Waals surface area (Å²) in [6, 6.07) is 0. The highest BCUT2D eigenvalue weighted by molar-refractivity contribution is 7.13. The number of aromatic nitrogens is 2. The molecule has 0 fully saturated rings. The number of hydrogen-bond acceptors (Lipinski definition) is 3. The molecule has 0 N–H and O–H groups in total. The average Bonchev–Trinajstić information content (AvgIpc) is 2.62. The Kier molecular flexibility index (Phi) is 2.51. The van der Waals surface area contributed by atoms with Crippen molar-refractivity contribution in [3.8, 4) is 0 Å². The molecule has 0 unspecified atom stereocenters. The first kappa shape index (κ1) is 10.6. The molecule has 0 bridgehead atoms. The highest BCUT2D eigenvalue weighted by Gasteiger charge is 2.16. The van der Waals surface area contributed by atoms with Crippen molar-refractivity contribution in [2.24, 2.45) is 0 Å². The van der Waals surface area contributed by atoms with E-state index in [1.165, 1.54) is 38.5 Å². The molecule has 1 heterocycles. The minimum absolute atomic E-state index is 0.536. The number of rotatable bonds is 1. The van der Waals surface area contributed by atoms with E-state index in [1.807, 2.05) is 0 Å². The molecule has 2 nitrogen and oxygen atoms in total. The molecule has 0 saturated heterocycles. The van der Waals surface area contributed by atoms with E-state index < -0.39 is 0 Å². The van der Waals surface area contributed by atoms with Crippen LogP contribution in [0.2, 0.25) is 0 Å². The summed E-state index contributed by atoms with van der Waals surface area (Å²) in [6.45, 7) is 11.0. The van der Waals surface area contributed by atoms with Gasteiger partial charge in [0.25, 0.3) is 0 Å². The third-order valence-electron chi connectivity index (χ3n) is 3.19. The van der Waals surface area contributed by atoms with Crippen molar-refractivity contribution in [3.63, 3.8) is 0 Å². The van der Waals surface area contributed by atoms with E-state index in [9.17, 15) is 0 Å². The van der Waals surface area contributed by atoms with E-state index in [0.717, 1.165) is 5.52 Å². The molecule has 0 spiro atoms. The van der Waals surface area contributed by atoms with Crippen molar-refractivity contribution in [1.82, 2.24) is 9.59 Å². The first-order chi connectivity index (χ1) is 7.04. The van der Waals surface area contributed by atoms with Crippen LogP contribution in [0.5, 0.6) is 0 Å². The summed E-state index contributed by atoms with van der Waals surface area (Å²) < 4.78 is 5.35. The van der Waals surface area contributed by atoms with Crippen molar-refractivity contribution in [2.75, 3.05) is 0 Å². The number of aryl methyl sites for hydroxylation is 1. The summed E-state index contributed by atoms with van der Waals surface area (Å²) in [5, 5.41) is 4.23. The Morgan fingerprint density at radius 1 is 1.00 bits per heavy atom. The summed E-state index contributed by atoms with van der Waals surface area (Å²) in [4.78, 5) is 0. The zero-order valence-corrected chi connectivity index (χ0v) is 10.7. The van der Waals surface area contributed by atoms with Gasteiger partial charge in [-0.2, -0.15) is 0 Å². The standard InChI is InChI=1S/C12H16N2S/c1-6(2)10-8(4)7(3)9(5)11-12(10)15-14-13-11/h6H,1-5H3. The van der Waals surface area contributed by atoms with Crippen LogP contribution >= 0.6 is 11.5 Å². The minimum Gasteiger partial charge on any atom is -0.138 e. The Morgan fingerprint density at radius 3 is 2.27 bits per heavy atom. The molecule has 1 aromatic heterocycles. The van der Waals surface area contributed by atoms with E-state index >= 15 is 0 Å². The normalized spacial score (nSPS) is 11.6. The van der Waals surface area contributed by atoms with Crippen LogP contribution in [0.3, 0.4) is 0 Å². The van der Waals surface area contributed by atoms with E-state index in [1.54, 1.807) is 0 Å².